The molecule has 7 nitrogen and oxygen atoms in total. The van der Waals surface area contributed by atoms with Crippen LogP contribution in [0, 0.1) is 5.82 Å². The summed E-state index contributed by atoms with van der Waals surface area (Å²) in [6, 6.07) is 20.2. The van der Waals surface area contributed by atoms with Crippen LogP contribution in [0.1, 0.15) is 35.6 Å². The van der Waals surface area contributed by atoms with Gasteiger partial charge in [0.25, 0.3) is 5.91 Å². The van der Waals surface area contributed by atoms with Gasteiger partial charge in [-0.2, -0.15) is 0 Å². The van der Waals surface area contributed by atoms with Crippen molar-refractivity contribution in [1.82, 2.24) is 9.80 Å². The highest BCUT2D eigenvalue weighted by Crippen LogP contribution is 2.38. The van der Waals surface area contributed by atoms with Crippen molar-refractivity contribution in [3.8, 4) is 0 Å². The number of carbonyl (C=O) groups excluding carboxylic acids is 2. The fourth-order valence-electron chi connectivity index (χ4n) is 4.63. The largest absolute Gasteiger partial charge is 0.466 e. The number of ether oxygens (including phenoxy) is 1. The number of amides is 1. The first kappa shape index (κ1) is 29.0. The Morgan fingerprint density at radius 1 is 0.975 bits per heavy atom. The molecule has 4 rings (SSSR count). The molecule has 0 bridgehead atoms. The molecule has 1 aliphatic rings. The van der Waals surface area contributed by atoms with Gasteiger partial charge in [-0.1, -0.05) is 30.3 Å². The van der Waals surface area contributed by atoms with Gasteiger partial charge in [0.05, 0.1) is 23.6 Å². The average Bonchev–Trinajstić information content (AvgIpc) is 3.25. The van der Waals surface area contributed by atoms with E-state index in [1.807, 2.05) is 36.4 Å². The molecule has 1 amide bonds. The van der Waals surface area contributed by atoms with E-state index in [9.17, 15) is 14.0 Å². The van der Waals surface area contributed by atoms with Crippen LogP contribution in [0.4, 0.5) is 15.8 Å². The lowest BCUT2D eigenvalue weighted by molar-refractivity contribution is -0.143. The first-order chi connectivity index (χ1) is 19.2. The topological polar surface area (TPSA) is 73.9 Å². The van der Waals surface area contributed by atoms with Crippen molar-refractivity contribution in [3.05, 3.63) is 94.8 Å². The van der Waals surface area contributed by atoms with Gasteiger partial charge in [0.15, 0.2) is 0 Å². The molecule has 2 N–H and O–H groups in total. The predicted octanol–water partition coefficient (Wildman–Crippen LogP) is 5.25. The predicted molar refractivity (Wildman–Crippen MR) is 158 cm³/mol. The van der Waals surface area contributed by atoms with E-state index in [2.05, 4.69) is 53.7 Å². The molecule has 40 heavy (non-hydrogen) atoms. The molecule has 3 aromatic rings. The van der Waals surface area contributed by atoms with Crippen LogP contribution in [0.2, 0.25) is 0 Å². The Hall–Kier alpha value is -4.01. The second-order valence-corrected chi connectivity index (χ2v) is 10.3. The number of aryl methyl sites for hydroxylation is 1. The lowest BCUT2D eigenvalue weighted by Crippen LogP contribution is -2.28. The highest BCUT2D eigenvalue weighted by atomic mass is 19.1. The number of hydrogen-bond acceptors (Lipinski definition) is 6. The molecule has 0 fully saturated rings. The zero-order valence-electron chi connectivity index (χ0n) is 23.6. The summed E-state index contributed by atoms with van der Waals surface area (Å²) in [4.78, 5) is 29.6. The number of hydrogen-bond donors (Lipinski definition) is 2. The lowest BCUT2D eigenvalue weighted by Gasteiger charge is -2.20. The van der Waals surface area contributed by atoms with E-state index in [1.54, 1.807) is 13.0 Å². The minimum Gasteiger partial charge on any atom is -0.466 e. The second-order valence-electron chi connectivity index (χ2n) is 10.3. The molecular weight excluding hydrogens is 507 g/mol. The third kappa shape index (κ3) is 7.55. The normalized spacial score (nSPS) is 13.8. The molecule has 1 heterocycles. The number of nitrogens with zero attached hydrogens (tertiary/aromatic N) is 2. The summed E-state index contributed by atoms with van der Waals surface area (Å²) in [7, 11) is 6.23. The summed E-state index contributed by atoms with van der Waals surface area (Å²) >= 11 is 0. The molecule has 0 unspecified atom stereocenters. The second kappa shape index (κ2) is 13.4. The minimum absolute atomic E-state index is 0.247. The maximum Gasteiger partial charge on any atom is 0.306 e. The first-order valence-electron chi connectivity index (χ1n) is 13.5. The van der Waals surface area contributed by atoms with E-state index in [-0.39, 0.29) is 18.3 Å². The van der Waals surface area contributed by atoms with Gasteiger partial charge in [-0.25, -0.2) is 4.39 Å². The Morgan fingerprint density at radius 2 is 1.75 bits per heavy atom. The molecule has 0 spiro atoms. The molecule has 0 saturated carbocycles. The van der Waals surface area contributed by atoms with Gasteiger partial charge in [-0.05, 0) is 87.6 Å². The van der Waals surface area contributed by atoms with Gasteiger partial charge < -0.3 is 25.2 Å². The fraction of sp³-hybridized carbons (Fsp3) is 0.312. The van der Waals surface area contributed by atoms with Crippen LogP contribution in [0.3, 0.4) is 0 Å². The molecule has 1 aliphatic heterocycles. The number of rotatable bonds is 12. The molecule has 0 atom stereocenters. The number of likely N-dealkylation sites (N-methyl/N-ethyl adjacent to an activating group) is 2. The number of halogens is 1. The third-order valence-electron chi connectivity index (χ3n) is 6.72. The Bertz CT molecular complexity index is 1390. The summed E-state index contributed by atoms with van der Waals surface area (Å²) in [5.74, 6) is -0.968. The monoisotopic (exact) mass is 544 g/mol. The van der Waals surface area contributed by atoms with Crippen molar-refractivity contribution in [2.75, 3.05) is 51.5 Å². The summed E-state index contributed by atoms with van der Waals surface area (Å²) < 4.78 is 19.0. The molecule has 210 valence electrons. The number of carbonyl (C=O) groups is 2. The maximum absolute atomic E-state index is 13.9. The quantitative estimate of drug-likeness (QED) is 0.240. The van der Waals surface area contributed by atoms with Gasteiger partial charge in [-0.15, -0.1) is 0 Å². The Balaban J connectivity index is 1.65. The van der Waals surface area contributed by atoms with Crippen LogP contribution in [0.25, 0.3) is 11.3 Å². The number of anilines is 2. The Morgan fingerprint density at radius 3 is 2.48 bits per heavy atom. The van der Waals surface area contributed by atoms with Crippen molar-refractivity contribution in [1.29, 1.82) is 0 Å². The van der Waals surface area contributed by atoms with Gasteiger partial charge >= 0.3 is 5.97 Å². The SMILES string of the molecule is CCOC(=O)CCc1cccc(C(Nc2ccc(CN(C)CCN(C)C)cc2)=C2C(=O)Nc3cc(F)ccc32)c1. The Labute approximate surface area is 235 Å². The molecule has 0 saturated heterocycles. The third-order valence-corrected chi connectivity index (χ3v) is 6.72. The van der Waals surface area contributed by atoms with E-state index >= 15 is 0 Å². The molecule has 3 aromatic carbocycles. The van der Waals surface area contributed by atoms with Crippen LogP contribution >= 0.6 is 0 Å². The van der Waals surface area contributed by atoms with Crippen LogP contribution in [-0.2, 0) is 27.3 Å². The van der Waals surface area contributed by atoms with E-state index < -0.39 is 5.82 Å². The van der Waals surface area contributed by atoms with E-state index in [1.165, 1.54) is 17.7 Å². The smallest absolute Gasteiger partial charge is 0.306 e. The zero-order chi connectivity index (χ0) is 28.6. The van der Waals surface area contributed by atoms with Crippen molar-refractivity contribution < 1.29 is 18.7 Å². The van der Waals surface area contributed by atoms with E-state index in [4.69, 9.17) is 4.74 Å². The van der Waals surface area contributed by atoms with Crippen LogP contribution in [0.15, 0.2) is 66.7 Å². The van der Waals surface area contributed by atoms with Crippen molar-refractivity contribution in [3.63, 3.8) is 0 Å². The minimum atomic E-state index is -0.415. The van der Waals surface area contributed by atoms with Crippen molar-refractivity contribution >= 4 is 34.5 Å². The molecule has 8 heteroatoms. The summed E-state index contributed by atoms with van der Waals surface area (Å²) in [6.45, 7) is 4.91. The van der Waals surface area contributed by atoms with Crippen molar-refractivity contribution in [2.45, 2.75) is 26.3 Å². The van der Waals surface area contributed by atoms with Crippen LogP contribution < -0.4 is 10.6 Å². The number of fused-ring (bicyclic) bond motifs is 1. The highest BCUT2D eigenvalue weighted by molar-refractivity contribution is 6.37. The Kier molecular flexibility index (Phi) is 9.69. The van der Waals surface area contributed by atoms with Gasteiger partial charge in [0.1, 0.15) is 5.82 Å². The first-order valence-corrected chi connectivity index (χ1v) is 13.5. The van der Waals surface area contributed by atoms with Gasteiger partial charge in [0.2, 0.25) is 0 Å². The number of nitrogens with one attached hydrogen (secondary N) is 2. The lowest BCUT2D eigenvalue weighted by atomic mass is 9.97. The highest BCUT2D eigenvalue weighted by Gasteiger charge is 2.29. The maximum atomic E-state index is 13.9. The standard InChI is InChI=1S/C32H37FN4O3/c1-5-40-29(38)16-11-22-7-6-8-24(19-22)31(30-27-15-12-25(33)20-28(27)35-32(30)39)34-26-13-9-23(10-14-26)21-37(4)18-17-36(2)3/h6-10,12-15,19-20,34H,5,11,16-18,21H2,1-4H3,(H,35,39). The fourth-order valence-corrected chi connectivity index (χ4v) is 4.63. The molecular formula is C32H37FN4O3. The van der Waals surface area contributed by atoms with Crippen molar-refractivity contribution in [2.24, 2.45) is 0 Å². The summed E-state index contributed by atoms with van der Waals surface area (Å²) in [5.41, 5.74) is 5.85. The molecule has 0 aromatic heterocycles. The van der Waals surface area contributed by atoms with Crippen LogP contribution in [0.5, 0.6) is 0 Å². The number of benzene rings is 3. The van der Waals surface area contributed by atoms with Gasteiger partial charge in [0, 0.05) is 37.3 Å². The van der Waals surface area contributed by atoms with Gasteiger partial charge in [-0.3, -0.25) is 9.59 Å². The van der Waals surface area contributed by atoms with Crippen LogP contribution in [-0.4, -0.2) is 62.5 Å². The van der Waals surface area contributed by atoms with E-state index in [0.717, 1.165) is 36.4 Å². The average molecular weight is 545 g/mol. The van der Waals surface area contributed by atoms with E-state index in [0.29, 0.717) is 35.5 Å². The molecule has 0 radical (unpaired) electrons. The summed E-state index contributed by atoms with van der Waals surface area (Å²) in [5, 5.41) is 6.27. The summed E-state index contributed by atoms with van der Waals surface area (Å²) in [6.07, 6.45) is 0.781. The zero-order valence-corrected chi connectivity index (χ0v) is 23.6. The number of esters is 1. The molecule has 0 aliphatic carbocycles.